The van der Waals surface area contributed by atoms with Crippen molar-refractivity contribution in [2.45, 2.75) is 36.7 Å². The van der Waals surface area contributed by atoms with Crippen LogP contribution >= 0.6 is 11.6 Å². The third-order valence-corrected chi connectivity index (χ3v) is 6.15. The van der Waals surface area contributed by atoms with Crippen molar-refractivity contribution in [3.63, 3.8) is 0 Å². The molecule has 3 rings (SSSR count). The van der Waals surface area contributed by atoms with Crippen molar-refractivity contribution < 1.29 is 8.42 Å². The number of halogens is 1. The van der Waals surface area contributed by atoms with E-state index in [0.29, 0.717) is 30.7 Å². The molecular weight excluding hydrogens is 308 g/mol. The van der Waals surface area contributed by atoms with E-state index in [-0.39, 0.29) is 4.90 Å². The third kappa shape index (κ3) is 3.48. The summed E-state index contributed by atoms with van der Waals surface area (Å²) in [4.78, 5) is 0.217. The summed E-state index contributed by atoms with van der Waals surface area (Å²) in [5.74, 6) is 0. The first kappa shape index (κ1) is 15.0. The zero-order chi connectivity index (χ0) is 14.9. The van der Waals surface area contributed by atoms with Gasteiger partial charge in [-0.25, -0.2) is 8.42 Å². The lowest BCUT2D eigenvalue weighted by atomic mass is 10.2. The van der Waals surface area contributed by atoms with E-state index < -0.39 is 10.0 Å². The number of sulfonamides is 1. The van der Waals surface area contributed by atoms with Gasteiger partial charge in [0.15, 0.2) is 0 Å². The molecule has 0 atom stereocenters. The lowest BCUT2D eigenvalue weighted by Gasteiger charge is -2.23. The highest BCUT2D eigenvalue weighted by Crippen LogP contribution is 2.27. The van der Waals surface area contributed by atoms with Crippen LogP contribution in [0.1, 0.15) is 24.8 Å². The van der Waals surface area contributed by atoms with Gasteiger partial charge in [0.25, 0.3) is 0 Å². The van der Waals surface area contributed by atoms with Crippen molar-refractivity contribution in [3.8, 4) is 0 Å². The van der Waals surface area contributed by atoms with E-state index >= 15 is 0 Å². The number of nitrogens with one attached hydrogen (secondary N) is 1. The van der Waals surface area contributed by atoms with E-state index in [0.717, 1.165) is 12.0 Å². The van der Waals surface area contributed by atoms with Crippen LogP contribution in [0.25, 0.3) is 0 Å². The average Bonchev–Trinajstić information content (AvgIpc) is 3.31. The van der Waals surface area contributed by atoms with Gasteiger partial charge in [-0.15, -0.1) is 0 Å². The molecule has 0 saturated heterocycles. The zero-order valence-corrected chi connectivity index (χ0v) is 13.3. The molecule has 1 N–H and O–H groups in total. The zero-order valence-electron chi connectivity index (χ0n) is 11.8. The van der Waals surface area contributed by atoms with Gasteiger partial charge in [-0.3, -0.25) is 0 Å². The Hall–Kier alpha value is -0.880. The highest BCUT2D eigenvalue weighted by molar-refractivity contribution is 7.89. The summed E-state index contributed by atoms with van der Waals surface area (Å²) in [6.45, 7) is 1.62. The number of nitrogens with zero attached hydrogens (tertiary/aromatic N) is 1. The molecule has 0 bridgehead atoms. The second-order valence-corrected chi connectivity index (χ2v) is 7.86. The Kier molecular flexibility index (Phi) is 4.36. The van der Waals surface area contributed by atoms with Crippen LogP contribution in [0.3, 0.4) is 0 Å². The monoisotopic (exact) mass is 326 g/mol. The van der Waals surface area contributed by atoms with Gasteiger partial charge in [-0.2, -0.15) is 4.31 Å². The largest absolute Gasteiger partial charge is 0.310 e. The fourth-order valence-corrected chi connectivity index (χ4v) is 4.31. The van der Waals surface area contributed by atoms with Crippen LogP contribution < -0.4 is 5.32 Å². The van der Waals surface area contributed by atoms with Crippen molar-refractivity contribution >= 4 is 21.6 Å². The van der Waals surface area contributed by atoms with E-state index in [1.165, 1.54) is 17.1 Å². The number of benzene rings is 1. The predicted molar refractivity (Wildman–Crippen MR) is 83.8 cm³/mol. The molecule has 0 aromatic heterocycles. The molecule has 21 heavy (non-hydrogen) atoms. The molecule has 1 saturated carbocycles. The molecule has 0 amide bonds. The normalized spacial score (nSPS) is 19.9. The first-order chi connectivity index (χ1) is 10.1. The van der Waals surface area contributed by atoms with Gasteiger partial charge in [0.2, 0.25) is 10.0 Å². The summed E-state index contributed by atoms with van der Waals surface area (Å²) in [6.07, 6.45) is 7.05. The smallest absolute Gasteiger partial charge is 0.244 e. The Morgan fingerprint density at radius 2 is 2.10 bits per heavy atom. The van der Waals surface area contributed by atoms with E-state index in [1.54, 1.807) is 12.1 Å². The van der Waals surface area contributed by atoms with Crippen LogP contribution in [0.5, 0.6) is 0 Å². The molecule has 2 aliphatic rings. The Bertz CT molecular complexity index is 654. The quantitative estimate of drug-likeness (QED) is 0.846. The van der Waals surface area contributed by atoms with Crippen LogP contribution in [0.4, 0.5) is 0 Å². The Labute approximate surface area is 130 Å². The summed E-state index contributed by atoms with van der Waals surface area (Å²) < 4.78 is 26.9. The SMILES string of the molecule is O=S(=O)(c1cc(CNC2CC2)ccc1Cl)N1CC=CCC1. The third-order valence-electron chi connectivity index (χ3n) is 3.81. The Balaban J connectivity index is 1.84. The van der Waals surface area contributed by atoms with E-state index in [4.69, 9.17) is 11.6 Å². The van der Waals surface area contributed by atoms with Crippen molar-refractivity contribution in [3.05, 3.63) is 40.9 Å². The highest BCUT2D eigenvalue weighted by atomic mass is 35.5. The summed E-state index contributed by atoms with van der Waals surface area (Å²) in [7, 11) is -3.52. The molecular formula is C15H19ClN2O2S. The molecule has 1 aliphatic heterocycles. The van der Waals surface area contributed by atoms with Crippen LogP contribution in [0.2, 0.25) is 5.02 Å². The topological polar surface area (TPSA) is 49.4 Å². The highest BCUT2D eigenvalue weighted by Gasteiger charge is 2.27. The molecule has 0 unspecified atom stereocenters. The van der Waals surface area contributed by atoms with Crippen molar-refractivity contribution in [2.75, 3.05) is 13.1 Å². The van der Waals surface area contributed by atoms with Crippen molar-refractivity contribution in [1.29, 1.82) is 0 Å². The maximum atomic E-state index is 12.7. The van der Waals surface area contributed by atoms with Gasteiger partial charge < -0.3 is 5.32 Å². The Morgan fingerprint density at radius 3 is 2.76 bits per heavy atom. The van der Waals surface area contributed by atoms with E-state index in [2.05, 4.69) is 5.32 Å². The standard InChI is InChI=1S/C15H19ClN2O2S/c16-14-7-4-12(11-17-13-5-6-13)10-15(14)21(19,20)18-8-2-1-3-9-18/h1-2,4,7,10,13,17H,3,5-6,8-9,11H2. The Morgan fingerprint density at radius 1 is 1.29 bits per heavy atom. The summed E-state index contributed by atoms with van der Waals surface area (Å²) in [5.41, 5.74) is 0.956. The van der Waals surface area contributed by atoms with Gasteiger partial charge in [0, 0.05) is 25.7 Å². The molecule has 1 aromatic carbocycles. The molecule has 6 heteroatoms. The van der Waals surface area contributed by atoms with Gasteiger partial charge >= 0.3 is 0 Å². The molecule has 4 nitrogen and oxygen atoms in total. The molecule has 0 radical (unpaired) electrons. The lowest BCUT2D eigenvalue weighted by molar-refractivity contribution is 0.437. The van der Waals surface area contributed by atoms with Crippen LogP contribution in [0.15, 0.2) is 35.2 Å². The van der Waals surface area contributed by atoms with Crippen molar-refractivity contribution in [1.82, 2.24) is 9.62 Å². The summed E-state index contributed by atoms with van der Waals surface area (Å²) in [5, 5.41) is 3.68. The van der Waals surface area contributed by atoms with Gasteiger partial charge in [-0.05, 0) is 37.0 Å². The minimum absolute atomic E-state index is 0.217. The first-order valence-electron chi connectivity index (χ1n) is 7.24. The van der Waals surface area contributed by atoms with Crippen LogP contribution in [-0.2, 0) is 16.6 Å². The molecule has 114 valence electrons. The van der Waals surface area contributed by atoms with E-state index in [1.807, 2.05) is 18.2 Å². The van der Waals surface area contributed by atoms with Gasteiger partial charge in [-0.1, -0.05) is 29.8 Å². The molecule has 1 heterocycles. The fraction of sp³-hybridized carbons (Fsp3) is 0.467. The maximum absolute atomic E-state index is 12.7. The summed E-state index contributed by atoms with van der Waals surface area (Å²) in [6, 6.07) is 5.85. The molecule has 1 fully saturated rings. The predicted octanol–water partition coefficient (Wildman–Crippen LogP) is 2.54. The minimum Gasteiger partial charge on any atom is -0.310 e. The number of hydrogen-bond donors (Lipinski definition) is 1. The second-order valence-electron chi connectivity index (χ2n) is 5.54. The first-order valence-corrected chi connectivity index (χ1v) is 9.06. The van der Waals surface area contributed by atoms with Gasteiger partial charge in [0.05, 0.1) is 5.02 Å². The summed E-state index contributed by atoms with van der Waals surface area (Å²) >= 11 is 6.13. The van der Waals surface area contributed by atoms with Gasteiger partial charge in [0.1, 0.15) is 4.90 Å². The lowest BCUT2D eigenvalue weighted by Crippen LogP contribution is -2.34. The molecule has 0 spiro atoms. The fourth-order valence-electron chi connectivity index (χ4n) is 2.38. The maximum Gasteiger partial charge on any atom is 0.244 e. The number of rotatable bonds is 5. The van der Waals surface area contributed by atoms with E-state index in [9.17, 15) is 8.42 Å². The van der Waals surface area contributed by atoms with Crippen LogP contribution in [-0.4, -0.2) is 31.9 Å². The average molecular weight is 327 g/mol. The molecule has 1 aliphatic carbocycles. The van der Waals surface area contributed by atoms with Crippen molar-refractivity contribution in [2.24, 2.45) is 0 Å². The number of hydrogen-bond acceptors (Lipinski definition) is 3. The second kappa shape index (κ2) is 6.08. The van der Waals surface area contributed by atoms with Crippen LogP contribution in [0, 0.1) is 0 Å². The minimum atomic E-state index is -3.52. The molecule has 1 aromatic rings.